The summed E-state index contributed by atoms with van der Waals surface area (Å²) in [6, 6.07) is 0. The van der Waals surface area contributed by atoms with Gasteiger partial charge in [0, 0.05) is 13.1 Å². The lowest BCUT2D eigenvalue weighted by Crippen LogP contribution is -2.39. The first kappa shape index (κ1) is 12.4. The number of carbonyl (C=O) groups is 1. The summed E-state index contributed by atoms with van der Waals surface area (Å²) >= 11 is 0. The minimum absolute atomic E-state index is 0.0327. The van der Waals surface area contributed by atoms with Crippen LogP contribution >= 0.6 is 0 Å². The van der Waals surface area contributed by atoms with Gasteiger partial charge in [0.15, 0.2) is 0 Å². The first-order valence-electron chi connectivity index (χ1n) is 5.16. The Kier molecular flexibility index (Phi) is 4.10. The largest absolute Gasteiger partial charge is 0.355 e. The van der Waals surface area contributed by atoms with Crippen LogP contribution in [0.4, 0.5) is 0 Å². The van der Waals surface area contributed by atoms with Gasteiger partial charge in [-0.2, -0.15) is 4.31 Å². The summed E-state index contributed by atoms with van der Waals surface area (Å²) < 4.78 is 24.0. The number of nitrogens with zero attached hydrogens (tertiary/aromatic N) is 1. The van der Waals surface area contributed by atoms with Gasteiger partial charge in [0.2, 0.25) is 15.9 Å². The molecule has 1 rings (SSSR count). The fourth-order valence-electron chi connectivity index (χ4n) is 1.40. The molecule has 1 saturated heterocycles. The van der Waals surface area contributed by atoms with Gasteiger partial charge in [-0.25, -0.2) is 8.42 Å². The fourth-order valence-corrected chi connectivity index (χ4v) is 2.88. The maximum Gasteiger partial charge on any atom is 0.235 e. The van der Waals surface area contributed by atoms with E-state index in [4.69, 9.17) is 0 Å². The molecule has 0 radical (unpaired) electrons. The van der Waals surface area contributed by atoms with E-state index in [1.807, 2.05) is 13.8 Å². The van der Waals surface area contributed by atoms with Crippen LogP contribution in [0.1, 0.15) is 20.3 Å². The van der Waals surface area contributed by atoms with E-state index in [1.165, 1.54) is 4.31 Å². The van der Waals surface area contributed by atoms with Gasteiger partial charge in [-0.3, -0.25) is 4.79 Å². The highest BCUT2D eigenvalue weighted by Gasteiger charge is 2.29. The normalized spacial score (nSPS) is 20.7. The first-order chi connectivity index (χ1) is 6.92. The zero-order chi connectivity index (χ0) is 11.5. The van der Waals surface area contributed by atoms with E-state index >= 15 is 0 Å². The molecule has 0 aromatic rings. The van der Waals surface area contributed by atoms with Crippen LogP contribution in [0, 0.1) is 5.92 Å². The van der Waals surface area contributed by atoms with Crippen LogP contribution in [0.25, 0.3) is 0 Å². The Morgan fingerprint density at radius 1 is 1.47 bits per heavy atom. The van der Waals surface area contributed by atoms with Gasteiger partial charge in [0.25, 0.3) is 0 Å². The van der Waals surface area contributed by atoms with Gasteiger partial charge in [0.05, 0.1) is 12.3 Å². The number of rotatable bonds is 4. The molecule has 1 heterocycles. The van der Waals surface area contributed by atoms with E-state index in [0.717, 1.165) is 0 Å². The Hall–Kier alpha value is -0.620. The Morgan fingerprint density at radius 2 is 2.13 bits per heavy atom. The molecular formula is C9H18N2O3S. The van der Waals surface area contributed by atoms with Crippen molar-refractivity contribution in [2.24, 2.45) is 5.92 Å². The Bertz CT molecular complexity index is 324. The summed E-state index contributed by atoms with van der Waals surface area (Å²) in [4.78, 5) is 11.4. The molecule has 0 aliphatic carbocycles. The van der Waals surface area contributed by atoms with Crippen molar-refractivity contribution in [2.45, 2.75) is 20.3 Å². The molecule has 0 spiro atoms. The maximum absolute atomic E-state index is 11.4. The number of sulfonamides is 1. The van der Waals surface area contributed by atoms with E-state index in [-0.39, 0.29) is 18.2 Å². The quantitative estimate of drug-likeness (QED) is 0.732. The number of hydrogen-bond donors (Lipinski definition) is 1. The molecule has 1 amide bonds. The summed E-state index contributed by atoms with van der Waals surface area (Å²) in [5, 5.41) is 2.70. The van der Waals surface area contributed by atoms with Crippen LogP contribution in [-0.4, -0.2) is 44.0 Å². The second-order valence-corrected chi connectivity index (χ2v) is 6.29. The minimum Gasteiger partial charge on any atom is -0.355 e. The zero-order valence-electron chi connectivity index (χ0n) is 9.19. The standard InChI is InChI=1S/C9H18N2O3S/c1-8(2)6-10-9(12)7-11-4-3-5-15(11,13)14/h8H,3-7H2,1-2H3,(H,10,12). The Labute approximate surface area is 90.9 Å². The van der Waals surface area contributed by atoms with Gasteiger partial charge >= 0.3 is 0 Å². The molecule has 6 heteroatoms. The van der Waals surface area contributed by atoms with Crippen LogP contribution in [-0.2, 0) is 14.8 Å². The average Bonchev–Trinajstić information content (AvgIpc) is 2.43. The van der Waals surface area contributed by atoms with E-state index in [1.54, 1.807) is 0 Å². The predicted octanol–water partition coefficient (Wildman–Crippen LogP) is -0.206. The van der Waals surface area contributed by atoms with E-state index in [2.05, 4.69) is 5.32 Å². The van der Waals surface area contributed by atoms with Gasteiger partial charge in [-0.05, 0) is 12.3 Å². The molecule has 1 fully saturated rings. The maximum atomic E-state index is 11.4. The molecule has 1 aliphatic heterocycles. The van der Waals surface area contributed by atoms with Crippen molar-refractivity contribution in [1.29, 1.82) is 0 Å². The van der Waals surface area contributed by atoms with Crippen molar-refractivity contribution in [3.8, 4) is 0 Å². The number of carbonyl (C=O) groups excluding carboxylic acids is 1. The number of hydrogen-bond acceptors (Lipinski definition) is 3. The zero-order valence-corrected chi connectivity index (χ0v) is 10.0. The monoisotopic (exact) mass is 234 g/mol. The van der Waals surface area contributed by atoms with Crippen molar-refractivity contribution >= 4 is 15.9 Å². The van der Waals surface area contributed by atoms with Crippen molar-refractivity contribution < 1.29 is 13.2 Å². The highest BCUT2D eigenvalue weighted by Crippen LogP contribution is 2.12. The lowest BCUT2D eigenvalue weighted by molar-refractivity contribution is -0.121. The third-order valence-corrected chi connectivity index (χ3v) is 4.13. The van der Waals surface area contributed by atoms with Crippen LogP contribution in [0.3, 0.4) is 0 Å². The molecule has 15 heavy (non-hydrogen) atoms. The average molecular weight is 234 g/mol. The van der Waals surface area contributed by atoms with E-state index < -0.39 is 10.0 Å². The smallest absolute Gasteiger partial charge is 0.235 e. The van der Waals surface area contributed by atoms with E-state index in [0.29, 0.717) is 25.4 Å². The SMILES string of the molecule is CC(C)CNC(=O)CN1CCCS1(=O)=O. The molecule has 88 valence electrons. The first-order valence-corrected chi connectivity index (χ1v) is 6.77. The third kappa shape index (κ3) is 3.79. The van der Waals surface area contributed by atoms with Gasteiger partial charge in [-0.15, -0.1) is 0 Å². The predicted molar refractivity (Wildman–Crippen MR) is 57.8 cm³/mol. The lowest BCUT2D eigenvalue weighted by atomic mass is 10.2. The van der Waals surface area contributed by atoms with Crippen molar-refractivity contribution in [2.75, 3.05) is 25.4 Å². The topological polar surface area (TPSA) is 66.5 Å². The summed E-state index contributed by atoms with van der Waals surface area (Å²) in [6.45, 7) is 5.01. The van der Waals surface area contributed by atoms with E-state index in [9.17, 15) is 13.2 Å². The van der Waals surface area contributed by atoms with Crippen LogP contribution < -0.4 is 5.32 Å². The summed E-state index contributed by atoms with van der Waals surface area (Å²) in [7, 11) is -3.15. The molecule has 0 aromatic carbocycles. The van der Waals surface area contributed by atoms with Gasteiger partial charge < -0.3 is 5.32 Å². The molecular weight excluding hydrogens is 216 g/mol. The Balaban J connectivity index is 2.38. The molecule has 0 bridgehead atoms. The van der Waals surface area contributed by atoms with Gasteiger partial charge in [0.1, 0.15) is 0 Å². The second kappa shape index (κ2) is 4.94. The Morgan fingerprint density at radius 3 is 2.60 bits per heavy atom. The highest BCUT2D eigenvalue weighted by molar-refractivity contribution is 7.89. The van der Waals surface area contributed by atoms with Crippen LogP contribution in [0.5, 0.6) is 0 Å². The number of amides is 1. The summed E-state index contributed by atoms with van der Waals surface area (Å²) in [5.41, 5.74) is 0. The molecule has 1 aliphatic rings. The minimum atomic E-state index is -3.15. The highest BCUT2D eigenvalue weighted by atomic mass is 32.2. The molecule has 0 atom stereocenters. The molecule has 5 nitrogen and oxygen atoms in total. The van der Waals surface area contributed by atoms with Crippen molar-refractivity contribution in [3.05, 3.63) is 0 Å². The van der Waals surface area contributed by atoms with Gasteiger partial charge in [-0.1, -0.05) is 13.8 Å². The van der Waals surface area contributed by atoms with Crippen molar-refractivity contribution in [3.63, 3.8) is 0 Å². The fraction of sp³-hybridized carbons (Fsp3) is 0.889. The lowest BCUT2D eigenvalue weighted by Gasteiger charge is -2.14. The summed E-state index contributed by atoms with van der Waals surface area (Å²) in [6.07, 6.45) is 0.625. The number of nitrogens with one attached hydrogen (secondary N) is 1. The third-order valence-electron chi connectivity index (χ3n) is 2.23. The molecule has 0 saturated carbocycles. The molecule has 0 unspecified atom stereocenters. The van der Waals surface area contributed by atoms with Crippen molar-refractivity contribution in [1.82, 2.24) is 9.62 Å². The summed E-state index contributed by atoms with van der Waals surface area (Å²) in [5.74, 6) is 0.336. The molecule has 1 N–H and O–H groups in total. The second-order valence-electron chi connectivity index (χ2n) is 4.20. The molecule has 0 aromatic heterocycles. The van der Waals surface area contributed by atoms with Crippen LogP contribution in [0.2, 0.25) is 0 Å². The van der Waals surface area contributed by atoms with Crippen LogP contribution in [0.15, 0.2) is 0 Å².